The Morgan fingerprint density at radius 2 is 1.54 bits per heavy atom. The zero-order valence-corrected chi connectivity index (χ0v) is 35.7. The van der Waals surface area contributed by atoms with Crippen LogP contribution < -0.4 is 0 Å². The van der Waals surface area contributed by atoms with Crippen molar-refractivity contribution < 1.29 is 30.0 Å². The second-order valence-electron chi connectivity index (χ2n) is 15.4. The fourth-order valence-electron chi connectivity index (χ4n) is 6.75. The molecule has 2 atom stereocenters. The van der Waals surface area contributed by atoms with Crippen LogP contribution in [0.3, 0.4) is 0 Å². The van der Waals surface area contributed by atoms with Crippen LogP contribution >= 0.6 is 23.1 Å². The Morgan fingerprint density at radius 3 is 2.16 bits per heavy atom. The number of allylic oxidation sites excluding steroid dienone is 2. The molecule has 1 aliphatic heterocycles. The van der Waals surface area contributed by atoms with E-state index < -0.39 is 0 Å². The number of fused-ring (bicyclic) bond motifs is 6. The molecule has 0 fully saturated rings. The van der Waals surface area contributed by atoms with Crippen molar-refractivity contribution in [2.45, 2.75) is 123 Å². The number of benzene rings is 3. The first-order chi connectivity index (χ1) is 23.1. The Labute approximate surface area is 322 Å². The van der Waals surface area contributed by atoms with Gasteiger partial charge in [-0.3, -0.25) is 9.78 Å². The average Bonchev–Trinajstić information content (AvgIpc) is 3.62. The molecule has 0 saturated carbocycles. The van der Waals surface area contributed by atoms with Crippen molar-refractivity contribution in [3.8, 4) is 11.3 Å². The number of aliphatic hydroxyl groups is 1. The van der Waals surface area contributed by atoms with Crippen molar-refractivity contribution in [1.82, 2.24) is 4.98 Å². The van der Waals surface area contributed by atoms with Gasteiger partial charge in [-0.15, -0.1) is 52.2 Å². The first-order valence-corrected chi connectivity index (χ1v) is 19.7. The number of carbonyl (C=O) groups excluding carboxylic acids is 1. The summed E-state index contributed by atoms with van der Waals surface area (Å²) in [6.07, 6.45) is 6.74. The van der Waals surface area contributed by atoms with E-state index in [2.05, 4.69) is 89.2 Å². The fourth-order valence-corrected chi connectivity index (χ4v) is 9.27. The van der Waals surface area contributed by atoms with Gasteiger partial charge < -0.3 is 5.11 Å². The molecule has 5 aromatic rings. The summed E-state index contributed by atoms with van der Waals surface area (Å²) in [5.41, 5.74) is 4.47. The van der Waals surface area contributed by atoms with E-state index in [-0.39, 0.29) is 47.9 Å². The summed E-state index contributed by atoms with van der Waals surface area (Å²) < 4.78 is 2.64. The minimum atomic E-state index is -0.337. The van der Waals surface area contributed by atoms with E-state index in [1.54, 1.807) is 0 Å². The largest absolute Gasteiger partial charge is 0.512 e. The van der Waals surface area contributed by atoms with E-state index in [0.29, 0.717) is 11.2 Å². The third-order valence-electron chi connectivity index (χ3n) is 11.5. The predicted molar refractivity (Wildman–Crippen MR) is 214 cm³/mol. The molecule has 2 aromatic heterocycles. The molecule has 269 valence electrons. The number of aliphatic hydroxyl groups excluding tert-OH is 1. The number of aromatic nitrogens is 1. The molecule has 0 amide bonds. The first kappa shape index (κ1) is 40.3. The van der Waals surface area contributed by atoms with Crippen LogP contribution in [0.2, 0.25) is 0 Å². The van der Waals surface area contributed by atoms with Crippen LogP contribution in [0.25, 0.3) is 42.2 Å². The molecule has 1 radical (unpaired) electrons. The van der Waals surface area contributed by atoms with Gasteiger partial charge in [-0.05, 0) is 66.2 Å². The van der Waals surface area contributed by atoms with Crippen molar-refractivity contribution >= 4 is 59.8 Å². The number of pyridine rings is 1. The number of hydrogen-bond acceptors (Lipinski definition) is 5. The van der Waals surface area contributed by atoms with Crippen LogP contribution in [0.15, 0.2) is 71.5 Å². The smallest absolute Gasteiger partial charge is 0.164 e. The van der Waals surface area contributed by atoms with Crippen LogP contribution in [0, 0.1) is 16.9 Å². The molecule has 1 aliphatic rings. The van der Waals surface area contributed by atoms with Gasteiger partial charge in [0.15, 0.2) is 5.78 Å². The maximum absolute atomic E-state index is 12.2. The number of ketones is 1. The summed E-state index contributed by atoms with van der Waals surface area (Å²) in [6.45, 7) is 23.7. The van der Waals surface area contributed by atoms with E-state index in [0.717, 1.165) is 42.3 Å². The summed E-state index contributed by atoms with van der Waals surface area (Å²) >= 11 is 3.89. The summed E-state index contributed by atoms with van der Waals surface area (Å²) in [5, 5.41) is 16.0. The monoisotopic (exact) mass is 885 g/mol. The van der Waals surface area contributed by atoms with E-state index in [1.807, 2.05) is 70.8 Å². The standard InChI is InChI=1S/C29H26NS2.C15H28O2.Ir/c1-16-17(2)31-23-10-11-24-26(25(16)23)21-12-13-30-27(28(21)32-24)19-14-18-8-6-7-9-20(18)22(15-19)29(3,4)5;1-7-14(5,8-2)12(16)11-13(17)15(6,9-3)10-4;/h6-13,15-17H,1-5H3;11,16H,7-10H2,1-6H3;/q-1;;/b;12-11-;. The Kier molecular flexibility index (Phi) is 12.6. The Hall–Kier alpha value is -2.50. The Morgan fingerprint density at radius 1 is 0.900 bits per heavy atom. The molecular weight excluding hydrogens is 831 g/mol. The minimum Gasteiger partial charge on any atom is -0.512 e. The van der Waals surface area contributed by atoms with Crippen molar-refractivity contribution in [2.24, 2.45) is 10.8 Å². The van der Waals surface area contributed by atoms with Gasteiger partial charge in [0.1, 0.15) is 5.76 Å². The molecule has 0 saturated heterocycles. The van der Waals surface area contributed by atoms with E-state index in [4.69, 9.17) is 4.98 Å². The molecule has 2 unspecified atom stereocenters. The summed E-state index contributed by atoms with van der Waals surface area (Å²) in [7, 11) is 0. The number of carbonyl (C=O) groups is 1. The number of rotatable bonds is 8. The van der Waals surface area contributed by atoms with Crippen molar-refractivity contribution in [3.63, 3.8) is 0 Å². The van der Waals surface area contributed by atoms with Crippen molar-refractivity contribution in [1.29, 1.82) is 0 Å². The molecule has 0 aliphatic carbocycles. The Balaban J connectivity index is 0.000000269. The van der Waals surface area contributed by atoms with Crippen LogP contribution in [0.5, 0.6) is 0 Å². The fraction of sp³-hybridized carbons (Fsp3) is 0.455. The van der Waals surface area contributed by atoms with Crippen LogP contribution in [-0.2, 0) is 30.3 Å². The predicted octanol–water partition coefficient (Wildman–Crippen LogP) is 13.6. The molecule has 3 aromatic carbocycles. The van der Waals surface area contributed by atoms with E-state index in [1.165, 1.54) is 47.7 Å². The Bertz CT molecular complexity index is 2030. The quantitative estimate of drug-likeness (QED) is 0.0958. The van der Waals surface area contributed by atoms with Gasteiger partial charge in [0.2, 0.25) is 0 Å². The molecule has 6 rings (SSSR count). The van der Waals surface area contributed by atoms with Crippen molar-refractivity contribution in [2.75, 3.05) is 0 Å². The number of hydrogen-bond donors (Lipinski definition) is 1. The number of thioether (sulfide) groups is 1. The first-order valence-electron chi connectivity index (χ1n) is 18.0. The zero-order valence-electron chi connectivity index (χ0n) is 31.7. The molecule has 1 N–H and O–H groups in total. The molecule has 0 bridgehead atoms. The summed E-state index contributed by atoms with van der Waals surface area (Å²) in [4.78, 5) is 18.5. The van der Waals surface area contributed by atoms with Gasteiger partial charge in [-0.2, -0.15) is 0 Å². The van der Waals surface area contributed by atoms with Gasteiger partial charge in [0.25, 0.3) is 0 Å². The molecule has 50 heavy (non-hydrogen) atoms. The van der Waals surface area contributed by atoms with Crippen LogP contribution in [-0.4, -0.2) is 21.1 Å². The molecule has 6 heteroatoms. The van der Waals surface area contributed by atoms with Crippen molar-refractivity contribution in [3.05, 3.63) is 83.8 Å². The maximum Gasteiger partial charge on any atom is 0.164 e. The summed E-state index contributed by atoms with van der Waals surface area (Å²) in [6, 6.07) is 21.5. The number of thiophene rings is 1. The molecule has 3 nitrogen and oxygen atoms in total. The average molecular weight is 885 g/mol. The van der Waals surface area contributed by atoms with Gasteiger partial charge in [-0.1, -0.05) is 105 Å². The second kappa shape index (κ2) is 15.6. The summed E-state index contributed by atoms with van der Waals surface area (Å²) in [5.74, 6) is 0.849. The third-order valence-corrected chi connectivity index (χ3v) is 14.0. The molecular formula is C44H54IrNO2S2-. The topological polar surface area (TPSA) is 50.2 Å². The zero-order chi connectivity index (χ0) is 35.9. The molecule has 0 spiro atoms. The van der Waals surface area contributed by atoms with Gasteiger partial charge >= 0.3 is 0 Å². The number of nitrogens with zero attached hydrogens (tertiary/aromatic N) is 1. The minimum absolute atomic E-state index is 0. The van der Waals surface area contributed by atoms with E-state index >= 15 is 0 Å². The van der Waals surface area contributed by atoms with Gasteiger partial charge in [-0.25, -0.2) is 0 Å². The van der Waals surface area contributed by atoms with Gasteiger partial charge in [0, 0.05) is 73.8 Å². The maximum atomic E-state index is 12.2. The normalized spacial score (nSPS) is 16.7. The molecule has 3 heterocycles. The van der Waals surface area contributed by atoms with E-state index in [9.17, 15) is 9.90 Å². The third kappa shape index (κ3) is 7.51. The second-order valence-corrected chi connectivity index (χ2v) is 17.9. The van der Waals surface area contributed by atoms with Crippen LogP contribution in [0.4, 0.5) is 0 Å². The van der Waals surface area contributed by atoms with Crippen LogP contribution in [0.1, 0.15) is 119 Å². The van der Waals surface area contributed by atoms with Gasteiger partial charge in [0.05, 0.1) is 0 Å². The SMILES string of the molecule is CC1Sc2ccc3sc4c(-c5[c-]c6ccccc6c(C(C)(C)C)c5)nccc4c3c2C1C.CCC(C)(CC)C(=O)/C=C(\O)C(C)(CC)CC.[Ir].